The van der Waals surface area contributed by atoms with Crippen molar-refractivity contribution in [3.05, 3.63) is 47.3 Å². The number of ether oxygens (including phenoxy) is 1. The number of fused-ring (bicyclic) bond motifs is 3. The van der Waals surface area contributed by atoms with Crippen LogP contribution in [0.15, 0.2) is 30.5 Å². The first-order valence-corrected chi connectivity index (χ1v) is 5.42. The van der Waals surface area contributed by atoms with Crippen LogP contribution in [0.4, 0.5) is 0 Å². The van der Waals surface area contributed by atoms with Crippen molar-refractivity contribution >= 4 is 0 Å². The molecule has 0 fully saturated rings. The SMILES string of the molecule is Cc1ncc2c(c1C#N)-c1ccccc1OC2. The molecular weight excluding hydrogens is 212 g/mol. The van der Waals surface area contributed by atoms with Crippen LogP contribution in [0.25, 0.3) is 11.1 Å². The number of hydrogen-bond acceptors (Lipinski definition) is 3. The van der Waals surface area contributed by atoms with Crippen molar-refractivity contribution < 1.29 is 4.74 Å². The van der Waals surface area contributed by atoms with Crippen LogP contribution in [0.2, 0.25) is 0 Å². The zero-order chi connectivity index (χ0) is 11.8. The van der Waals surface area contributed by atoms with Gasteiger partial charge < -0.3 is 4.74 Å². The predicted molar refractivity (Wildman–Crippen MR) is 63.5 cm³/mol. The Hall–Kier alpha value is -2.34. The Morgan fingerprint density at radius 3 is 3.00 bits per heavy atom. The monoisotopic (exact) mass is 222 g/mol. The molecule has 2 heterocycles. The molecule has 0 atom stereocenters. The molecule has 82 valence electrons. The number of nitrogens with zero attached hydrogens (tertiary/aromatic N) is 2. The molecule has 0 spiro atoms. The lowest BCUT2D eigenvalue weighted by atomic mass is 9.93. The normalized spacial score (nSPS) is 12.0. The minimum Gasteiger partial charge on any atom is -0.488 e. The molecule has 0 saturated carbocycles. The number of hydrogen-bond donors (Lipinski definition) is 0. The Morgan fingerprint density at radius 2 is 2.18 bits per heavy atom. The van der Waals surface area contributed by atoms with E-state index in [0.29, 0.717) is 12.2 Å². The highest BCUT2D eigenvalue weighted by Crippen LogP contribution is 2.39. The van der Waals surface area contributed by atoms with E-state index in [1.165, 1.54) is 0 Å². The Morgan fingerprint density at radius 1 is 1.35 bits per heavy atom. The molecule has 3 rings (SSSR count). The molecule has 0 N–H and O–H groups in total. The van der Waals surface area contributed by atoms with Crippen LogP contribution in [-0.4, -0.2) is 4.98 Å². The highest BCUT2D eigenvalue weighted by molar-refractivity contribution is 5.80. The molecule has 1 aromatic heterocycles. The fraction of sp³-hybridized carbons (Fsp3) is 0.143. The number of rotatable bonds is 0. The summed E-state index contributed by atoms with van der Waals surface area (Å²) in [6.45, 7) is 2.34. The van der Waals surface area contributed by atoms with E-state index >= 15 is 0 Å². The number of aryl methyl sites for hydroxylation is 1. The van der Waals surface area contributed by atoms with Crippen LogP contribution in [0, 0.1) is 18.3 Å². The van der Waals surface area contributed by atoms with E-state index in [1.807, 2.05) is 31.2 Å². The summed E-state index contributed by atoms with van der Waals surface area (Å²) in [7, 11) is 0. The van der Waals surface area contributed by atoms with Crippen molar-refractivity contribution in [3.8, 4) is 22.9 Å². The highest BCUT2D eigenvalue weighted by Gasteiger charge is 2.21. The Kier molecular flexibility index (Phi) is 2.09. The summed E-state index contributed by atoms with van der Waals surface area (Å²) >= 11 is 0. The first-order chi connectivity index (χ1) is 8.31. The first-order valence-electron chi connectivity index (χ1n) is 5.42. The van der Waals surface area contributed by atoms with Gasteiger partial charge in [0.25, 0.3) is 0 Å². The molecule has 0 radical (unpaired) electrons. The molecule has 3 nitrogen and oxygen atoms in total. The van der Waals surface area contributed by atoms with E-state index in [4.69, 9.17) is 4.74 Å². The maximum atomic E-state index is 9.27. The average Bonchev–Trinajstić information content (AvgIpc) is 2.38. The summed E-state index contributed by atoms with van der Waals surface area (Å²) in [5, 5.41) is 9.27. The highest BCUT2D eigenvalue weighted by atomic mass is 16.5. The van der Waals surface area contributed by atoms with Crippen LogP contribution in [-0.2, 0) is 6.61 Å². The maximum absolute atomic E-state index is 9.27. The predicted octanol–water partition coefficient (Wildman–Crippen LogP) is 2.82. The van der Waals surface area contributed by atoms with Crippen LogP contribution in [0.3, 0.4) is 0 Å². The Bertz CT molecular complexity index is 641. The van der Waals surface area contributed by atoms with Gasteiger partial charge in [-0.15, -0.1) is 0 Å². The Labute approximate surface area is 99.3 Å². The minimum absolute atomic E-state index is 0.480. The number of para-hydroxylation sites is 1. The number of benzene rings is 1. The van der Waals surface area contributed by atoms with Gasteiger partial charge in [-0.25, -0.2) is 0 Å². The van der Waals surface area contributed by atoms with Crippen molar-refractivity contribution in [2.24, 2.45) is 0 Å². The summed E-state index contributed by atoms with van der Waals surface area (Å²) in [5.74, 6) is 0.835. The molecule has 0 bridgehead atoms. The van der Waals surface area contributed by atoms with Crippen molar-refractivity contribution in [3.63, 3.8) is 0 Å². The fourth-order valence-electron chi connectivity index (χ4n) is 2.15. The van der Waals surface area contributed by atoms with Gasteiger partial charge in [0.15, 0.2) is 0 Å². The molecule has 0 amide bonds. The van der Waals surface area contributed by atoms with Gasteiger partial charge in [-0.1, -0.05) is 18.2 Å². The van der Waals surface area contributed by atoms with Gasteiger partial charge in [-0.05, 0) is 13.0 Å². The lowest BCUT2D eigenvalue weighted by Crippen LogP contribution is -2.08. The lowest BCUT2D eigenvalue weighted by molar-refractivity contribution is 0.301. The van der Waals surface area contributed by atoms with E-state index in [0.717, 1.165) is 28.1 Å². The number of nitriles is 1. The van der Waals surface area contributed by atoms with Gasteiger partial charge in [-0.3, -0.25) is 4.98 Å². The third-order valence-electron chi connectivity index (χ3n) is 3.00. The lowest BCUT2D eigenvalue weighted by Gasteiger charge is -2.21. The molecule has 3 heteroatoms. The third-order valence-corrected chi connectivity index (χ3v) is 3.00. The van der Waals surface area contributed by atoms with E-state index in [9.17, 15) is 5.26 Å². The largest absolute Gasteiger partial charge is 0.488 e. The van der Waals surface area contributed by atoms with Crippen LogP contribution in [0.5, 0.6) is 5.75 Å². The van der Waals surface area contributed by atoms with E-state index in [2.05, 4.69) is 11.1 Å². The second-order valence-electron chi connectivity index (χ2n) is 4.02. The Balaban J connectivity index is 2.38. The summed E-state index contributed by atoms with van der Waals surface area (Å²) in [6.07, 6.45) is 1.79. The van der Waals surface area contributed by atoms with Crippen molar-refractivity contribution in [1.29, 1.82) is 5.26 Å². The molecule has 0 aliphatic carbocycles. The molecule has 1 aromatic carbocycles. The second-order valence-corrected chi connectivity index (χ2v) is 4.02. The maximum Gasteiger partial charge on any atom is 0.127 e. The van der Waals surface area contributed by atoms with Crippen molar-refractivity contribution in [1.82, 2.24) is 4.98 Å². The molecule has 0 unspecified atom stereocenters. The number of pyridine rings is 1. The first kappa shape index (κ1) is 9.86. The van der Waals surface area contributed by atoms with E-state index in [-0.39, 0.29) is 0 Å². The fourth-order valence-corrected chi connectivity index (χ4v) is 2.15. The van der Waals surface area contributed by atoms with Gasteiger partial charge in [0.05, 0.1) is 11.3 Å². The third kappa shape index (κ3) is 1.38. The van der Waals surface area contributed by atoms with E-state index < -0.39 is 0 Å². The summed E-state index contributed by atoms with van der Waals surface area (Å²) in [4.78, 5) is 4.23. The van der Waals surface area contributed by atoms with Crippen LogP contribution >= 0.6 is 0 Å². The van der Waals surface area contributed by atoms with Crippen molar-refractivity contribution in [2.75, 3.05) is 0 Å². The summed E-state index contributed by atoms with van der Waals surface area (Å²) in [5.41, 5.74) is 4.35. The van der Waals surface area contributed by atoms with E-state index in [1.54, 1.807) is 6.20 Å². The topological polar surface area (TPSA) is 45.9 Å². The number of aromatic nitrogens is 1. The zero-order valence-corrected chi connectivity index (χ0v) is 9.40. The quantitative estimate of drug-likeness (QED) is 0.688. The van der Waals surface area contributed by atoms with Crippen LogP contribution in [0.1, 0.15) is 16.8 Å². The van der Waals surface area contributed by atoms with Gasteiger partial charge in [0.1, 0.15) is 18.4 Å². The van der Waals surface area contributed by atoms with Crippen LogP contribution < -0.4 is 4.74 Å². The van der Waals surface area contributed by atoms with Gasteiger partial charge in [0, 0.05) is 22.9 Å². The average molecular weight is 222 g/mol. The summed E-state index contributed by atoms with van der Waals surface area (Å²) in [6, 6.07) is 10.0. The molecular formula is C14H10N2O. The zero-order valence-electron chi connectivity index (χ0n) is 9.40. The molecule has 17 heavy (non-hydrogen) atoms. The standard InChI is InChI=1S/C14H10N2O/c1-9-12(6-15)14-10(7-16-9)8-17-13-5-3-2-4-11(13)14/h2-5,7H,8H2,1H3. The summed E-state index contributed by atoms with van der Waals surface area (Å²) < 4.78 is 5.64. The van der Waals surface area contributed by atoms with Gasteiger partial charge >= 0.3 is 0 Å². The molecule has 1 aliphatic heterocycles. The van der Waals surface area contributed by atoms with Crippen molar-refractivity contribution in [2.45, 2.75) is 13.5 Å². The molecule has 1 aliphatic rings. The van der Waals surface area contributed by atoms with Gasteiger partial charge in [-0.2, -0.15) is 5.26 Å². The molecule has 0 saturated heterocycles. The smallest absolute Gasteiger partial charge is 0.127 e. The molecule has 2 aromatic rings. The second kappa shape index (κ2) is 3.60. The minimum atomic E-state index is 0.480. The van der Waals surface area contributed by atoms with Gasteiger partial charge in [0.2, 0.25) is 0 Å².